The first-order valence-electron chi connectivity index (χ1n) is 5.27. The van der Waals surface area contributed by atoms with Crippen LogP contribution in [-0.4, -0.2) is 10.5 Å². The van der Waals surface area contributed by atoms with Gasteiger partial charge >= 0.3 is 0 Å². The van der Waals surface area contributed by atoms with Crippen molar-refractivity contribution in [2.45, 2.75) is 37.7 Å². The lowest BCUT2D eigenvalue weighted by molar-refractivity contribution is -0.118. The second-order valence-corrected chi connectivity index (χ2v) is 5.39. The molecule has 1 nitrogen and oxygen atoms in total. The number of carbonyl (C=O) groups is 1. The Balaban J connectivity index is 2.59. The van der Waals surface area contributed by atoms with E-state index in [4.69, 9.17) is 0 Å². The van der Waals surface area contributed by atoms with E-state index in [0.717, 1.165) is 12.2 Å². The van der Waals surface area contributed by atoms with Gasteiger partial charge in [0.05, 0.1) is 4.75 Å². The Labute approximate surface area is 96.3 Å². The Kier molecular flexibility index (Phi) is 4.40. The summed E-state index contributed by atoms with van der Waals surface area (Å²) in [5.41, 5.74) is 1.28. The fraction of sp³-hybridized carbons (Fsp3) is 0.462. The number of ketones is 1. The van der Waals surface area contributed by atoms with Crippen LogP contribution < -0.4 is 0 Å². The zero-order valence-electron chi connectivity index (χ0n) is 9.62. The first-order valence-corrected chi connectivity index (χ1v) is 6.26. The molecular weight excluding hydrogens is 204 g/mol. The second-order valence-electron chi connectivity index (χ2n) is 3.91. The van der Waals surface area contributed by atoms with Crippen LogP contribution in [0.25, 0.3) is 0 Å². The van der Waals surface area contributed by atoms with Gasteiger partial charge in [-0.15, -0.1) is 11.8 Å². The van der Waals surface area contributed by atoms with Crippen molar-refractivity contribution < 1.29 is 4.79 Å². The molecule has 15 heavy (non-hydrogen) atoms. The van der Waals surface area contributed by atoms with Crippen molar-refractivity contribution in [3.05, 3.63) is 35.9 Å². The third-order valence-electron chi connectivity index (χ3n) is 2.82. The zero-order chi connectivity index (χ0) is 11.3. The third-order valence-corrected chi connectivity index (χ3v) is 4.51. The van der Waals surface area contributed by atoms with Crippen LogP contribution >= 0.6 is 11.8 Å². The van der Waals surface area contributed by atoms with Gasteiger partial charge in [0.15, 0.2) is 0 Å². The zero-order valence-corrected chi connectivity index (χ0v) is 10.4. The van der Waals surface area contributed by atoms with Crippen LogP contribution in [0, 0.1) is 0 Å². The monoisotopic (exact) mass is 222 g/mol. The molecule has 0 fully saturated rings. The van der Waals surface area contributed by atoms with E-state index in [1.54, 1.807) is 18.7 Å². The Morgan fingerprint density at radius 1 is 1.33 bits per heavy atom. The van der Waals surface area contributed by atoms with Gasteiger partial charge < -0.3 is 0 Å². The molecule has 1 atom stereocenters. The molecule has 82 valence electrons. The van der Waals surface area contributed by atoms with E-state index in [0.29, 0.717) is 0 Å². The summed E-state index contributed by atoms with van der Waals surface area (Å²) < 4.78 is -0.226. The summed E-state index contributed by atoms with van der Waals surface area (Å²) in [7, 11) is 0. The third kappa shape index (κ3) is 3.38. The Morgan fingerprint density at radius 2 is 1.93 bits per heavy atom. The maximum absolute atomic E-state index is 11.5. The topological polar surface area (TPSA) is 17.1 Å². The van der Waals surface area contributed by atoms with Crippen LogP contribution in [0.1, 0.15) is 32.8 Å². The second kappa shape index (κ2) is 5.36. The van der Waals surface area contributed by atoms with Gasteiger partial charge in [0, 0.05) is 5.75 Å². The molecule has 0 radical (unpaired) electrons. The average Bonchev–Trinajstić information content (AvgIpc) is 2.27. The highest BCUT2D eigenvalue weighted by molar-refractivity contribution is 8.00. The molecule has 0 spiro atoms. The largest absolute Gasteiger partial charge is 0.298 e. The standard InChI is InChI=1S/C13H18OS/c1-4-13(3,11(2)14)15-10-12-8-6-5-7-9-12/h5-9H,4,10H2,1-3H3. The maximum atomic E-state index is 11.5. The molecule has 1 aromatic rings. The quantitative estimate of drug-likeness (QED) is 0.756. The van der Waals surface area contributed by atoms with Crippen molar-refractivity contribution >= 4 is 17.5 Å². The first kappa shape index (κ1) is 12.3. The molecule has 0 bridgehead atoms. The van der Waals surface area contributed by atoms with E-state index in [1.807, 2.05) is 25.1 Å². The molecule has 1 unspecified atom stereocenters. The van der Waals surface area contributed by atoms with E-state index in [-0.39, 0.29) is 10.5 Å². The number of hydrogen-bond donors (Lipinski definition) is 0. The first-order chi connectivity index (χ1) is 7.08. The molecule has 0 N–H and O–H groups in total. The van der Waals surface area contributed by atoms with Crippen LogP contribution in [0.4, 0.5) is 0 Å². The predicted molar refractivity (Wildman–Crippen MR) is 67.1 cm³/mol. The highest BCUT2D eigenvalue weighted by Gasteiger charge is 2.27. The number of carbonyl (C=O) groups excluding carboxylic acids is 1. The highest BCUT2D eigenvalue weighted by atomic mass is 32.2. The van der Waals surface area contributed by atoms with Gasteiger partial charge in [0.2, 0.25) is 0 Å². The van der Waals surface area contributed by atoms with Crippen molar-refractivity contribution in [3.63, 3.8) is 0 Å². The summed E-state index contributed by atoms with van der Waals surface area (Å²) >= 11 is 1.74. The summed E-state index contributed by atoms with van der Waals surface area (Å²) in [5, 5.41) is 0. The summed E-state index contributed by atoms with van der Waals surface area (Å²) in [5.74, 6) is 1.18. The number of rotatable bonds is 5. The molecule has 0 saturated carbocycles. The van der Waals surface area contributed by atoms with E-state index < -0.39 is 0 Å². The van der Waals surface area contributed by atoms with Crippen LogP contribution in [-0.2, 0) is 10.5 Å². The lowest BCUT2D eigenvalue weighted by Crippen LogP contribution is -2.28. The average molecular weight is 222 g/mol. The van der Waals surface area contributed by atoms with Gasteiger partial charge in [-0.2, -0.15) is 0 Å². The summed E-state index contributed by atoms with van der Waals surface area (Å²) in [6.45, 7) is 5.78. The van der Waals surface area contributed by atoms with Gasteiger partial charge in [-0.3, -0.25) is 4.79 Å². The lowest BCUT2D eigenvalue weighted by atomic mass is 10.0. The molecule has 0 heterocycles. The van der Waals surface area contributed by atoms with Crippen molar-refractivity contribution in [3.8, 4) is 0 Å². The van der Waals surface area contributed by atoms with Gasteiger partial charge in [0.1, 0.15) is 5.78 Å². The number of thioether (sulfide) groups is 1. The minimum atomic E-state index is -0.226. The molecule has 1 aromatic carbocycles. The molecule has 1 rings (SSSR count). The van der Waals surface area contributed by atoms with Gasteiger partial charge in [-0.05, 0) is 25.8 Å². The fourth-order valence-corrected chi connectivity index (χ4v) is 2.35. The Morgan fingerprint density at radius 3 is 2.40 bits per heavy atom. The van der Waals surface area contributed by atoms with Crippen LogP contribution in [0.5, 0.6) is 0 Å². The predicted octanol–water partition coefficient (Wildman–Crippen LogP) is 3.68. The molecular formula is C13H18OS. The number of hydrogen-bond acceptors (Lipinski definition) is 2. The minimum absolute atomic E-state index is 0.226. The van der Waals surface area contributed by atoms with E-state index in [2.05, 4.69) is 19.1 Å². The van der Waals surface area contributed by atoms with Crippen molar-refractivity contribution in [2.75, 3.05) is 0 Å². The summed E-state index contributed by atoms with van der Waals surface area (Å²) in [6.07, 6.45) is 0.889. The minimum Gasteiger partial charge on any atom is -0.298 e. The molecule has 0 aliphatic heterocycles. The van der Waals surface area contributed by atoms with E-state index in [1.165, 1.54) is 5.56 Å². The fourth-order valence-electron chi connectivity index (χ4n) is 1.27. The molecule has 0 amide bonds. The number of Topliss-reactive ketones (excluding diaryl/α,β-unsaturated/α-hetero) is 1. The van der Waals surface area contributed by atoms with Crippen LogP contribution in [0.3, 0.4) is 0 Å². The molecule has 2 heteroatoms. The molecule has 0 aliphatic rings. The van der Waals surface area contributed by atoms with E-state index in [9.17, 15) is 4.79 Å². The summed E-state index contributed by atoms with van der Waals surface area (Å²) in [6, 6.07) is 10.3. The van der Waals surface area contributed by atoms with Crippen molar-refractivity contribution in [2.24, 2.45) is 0 Å². The van der Waals surface area contributed by atoms with Crippen molar-refractivity contribution in [1.29, 1.82) is 0 Å². The summed E-state index contributed by atoms with van der Waals surface area (Å²) in [4.78, 5) is 11.5. The normalized spacial score (nSPS) is 14.6. The molecule has 0 aliphatic carbocycles. The smallest absolute Gasteiger partial charge is 0.145 e. The number of benzene rings is 1. The maximum Gasteiger partial charge on any atom is 0.145 e. The van der Waals surface area contributed by atoms with Gasteiger partial charge in [-0.25, -0.2) is 0 Å². The van der Waals surface area contributed by atoms with Gasteiger partial charge in [-0.1, -0.05) is 37.3 Å². The SMILES string of the molecule is CCC(C)(SCc1ccccc1)C(C)=O. The van der Waals surface area contributed by atoms with Crippen LogP contribution in [0.2, 0.25) is 0 Å². The molecule has 0 saturated heterocycles. The highest BCUT2D eigenvalue weighted by Crippen LogP contribution is 2.32. The van der Waals surface area contributed by atoms with Crippen LogP contribution in [0.15, 0.2) is 30.3 Å². The lowest BCUT2D eigenvalue weighted by Gasteiger charge is -2.24. The Bertz CT molecular complexity index is 321. The Hall–Kier alpha value is -0.760. The molecule has 0 aromatic heterocycles. The van der Waals surface area contributed by atoms with E-state index >= 15 is 0 Å². The van der Waals surface area contributed by atoms with Crippen molar-refractivity contribution in [1.82, 2.24) is 0 Å². The van der Waals surface area contributed by atoms with Gasteiger partial charge in [0.25, 0.3) is 0 Å².